The molecule has 0 spiro atoms. The molecule has 19 heavy (non-hydrogen) atoms. The van der Waals surface area contributed by atoms with Crippen molar-refractivity contribution in [2.75, 3.05) is 6.54 Å². The van der Waals surface area contributed by atoms with Gasteiger partial charge in [0.15, 0.2) is 0 Å². The number of nitrogens with one attached hydrogen (secondary N) is 1. The maximum atomic E-state index is 12.1. The number of carbonyl (C=O) groups excluding carboxylic acids is 1. The van der Waals surface area contributed by atoms with E-state index in [2.05, 4.69) is 21.7 Å². The number of amides is 1. The lowest BCUT2D eigenvalue weighted by Crippen LogP contribution is -2.34. The Hall–Kier alpha value is -1.20. The van der Waals surface area contributed by atoms with Crippen LogP contribution in [0.3, 0.4) is 0 Å². The molecule has 0 bridgehead atoms. The average molecular weight is 292 g/mol. The van der Waals surface area contributed by atoms with Gasteiger partial charge >= 0.3 is 0 Å². The molecular weight excluding hydrogens is 276 g/mol. The molecule has 0 radical (unpaired) electrons. The van der Waals surface area contributed by atoms with Gasteiger partial charge in [-0.2, -0.15) is 0 Å². The molecule has 0 fully saturated rings. The fourth-order valence-electron chi connectivity index (χ4n) is 2.43. The van der Waals surface area contributed by atoms with Crippen molar-refractivity contribution in [2.24, 2.45) is 5.92 Å². The van der Waals surface area contributed by atoms with E-state index in [1.54, 1.807) is 22.7 Å². The third kappa shape index (κ3) is 3.04. The van der Waals surface area contributed by atoms with Gasteiger partial charge < -0.3 is 5.32 Å². The van der Waals surface area contributed by atoms with Gasteiger partial charge in [0.2, 0.25) is 5.91 Å². The molecule has 0 saturated carbocycles. The van der Waals surface area contributed by atoms with Crippen molar-refractivity contribution in [2.45, 2.75) is 25.7 Å². The van der Waals surface area contributed by atoms with Crippen LogP contribution >= 0.6 is 22.7 Å². The number of carbonyl (C=O) groups is 1. The van der Waals surface area contributed by atoms with Crippen LogP contribution in [0.4, 0.5) is 0 Å². The lowest BCUT2D eigenvalue weighted by molar-refractivity contribution is -0.125. The average Bonchev–Trinajstić information content (AvgIpc) is 3.08. The summed E-state index contributed by atoms with van der Waals surface area (Å²) in [6.07, 6.45) is 3.68. The molecule has 1 aliphatic rings. The molecule has 1 unspecified atom stereocenters. The zero-order valence-electron chi connectivity index (χ0n) is 10.6. The summed E-state index contributed by atoms with van der Waals surface area (Å²) in [6, 6.07) is 4.16. The van der Waals surface area contributed by atoms with Crippen LogP contribution in [0, 0.1) is 5.92 Å². The zero-order valence-corrected chi connectivity index (χ0v) is 12.2. The summed E-state index contributed by atoms with van der Waals surface area (Å²) in [5, 5.41) is 5.14. The Balaban J connectivity index is 1.49. The summed E-state index contributed by atoms with van der Waals surface area (Å²) in [5.41, 5.74) is 3.09. The lowest BCUT2D eigenvalue weighted by Gasteiger charge is -2.20. The molecule has 2 aromatic rings. The first kappa shape index (κ1) is 12.8. The Bertz CT molecular complexity index is 548. The third-order valence-electron chi connectivity index (χ3n) is 3.51. The van der Waals surface area contributed by atoms with Gasteiger partial charge in [-0.25, -0.2) is 4.98 Å². The van der Waals surface area contributed by atoms with Crippen molar-refractivity contribution < 1.29 is 4.79 Å². The Labute approximate surface area is 120 Å². The van der Waals surface area contributed by atoms with E-state index in [0.29, 0.717) is 0 Å². The van der Waals surface area contributed by atoms with Crippen molar-refractivity contribution in [3.05, 3.63) is 38.5 Å². The molecule has 1 atom stereocenters. The van der Waals surface area contributed by atoms with Crippen molar-refractivity contribution in [3.63, 3.8) is 0 Å². The van der Waals surface area contributed by atoms with Crippen LogP contribution in [0.2, 0.25) is 0 Å². The van der Waals surface area contributed by atoms with Gasteiger partial charge in [-0.3, -0.25) is 4.79 Å². The smallest absolute Gasteiger partial charge is 0.223 e. The van der Waals surface area contributed by atoms with Crippen LogP contribution in [0.15, 0.2) is 23.0 Å². The van der Waals surface area contributed by atoms with Gasteiger partial charge in [-0.05, 0) is 37.1 Å². The fraction of sp³-hybridized carbons (Fsp3) is 0.429. The Morgan fingerprint density at radius 1 is 1.47 bits per heavy atom. The molecule has 1 amide bonds. The second-order valence-electron chi connectivity index (χ2n) is 4.78. The zero-order chi connectivity index (χ0) is 13.1. The molecule has 2 aromatic heterocycles. The second kappa shape index (κ2) is 5.84. The van der Waals surface area contributed by atoms with Gasteiger partial charge in [0.05, 0.1) is 11.2 Å². The molecule has 1 aliphatic carbocycles. The van der Waals surface area contributed by atoms with Gasteiger partial charge in [-0.1, -0.05) is 6.07 Å². The quantitative estimate of drug-likeness (QED) is 0.941. The summed E-state index contributed by atoms with van der Waals surface area (Å²) in [4.78, 5) is 19.1. The number of fused-ring (bicyclic) bond motifs is 1. The third-order valence-corrected chi connectivity index (χ3v) is 5.34. The van der Waals surface area contributed by atoms with Crippen LogP contribution in [0.25, 0.3) is 0 Å². The summed E-state index contributed by atoms with van der Waals surface area (Å²) >= 11 is 3.42. The van der Waals surface area contributed by atoms with Crippen LogP contribution < -0.4 is 5.32 Å². The maximum absolute atomic E-state index is 12.1. The summed E-state index contributed by atoms with van der Waals surface area (Å²) in [6.45, 7) is 0.741. The summed E-state index contributed by atoms with van der Waals surface area (Å²) in [7, 11) is 0. The molecule has 2 heterocycles. The van der Waals surface area contributed by atoms with E-state index in [1.165, 1.54) is 15.4 Å². The molecule has 1 N–H and O–H groups in total. The number of nitrogens with zero attached hydrogens (tertiary/aromatic N) is 1. The monoisotopic (exact) mass is 292 g/mol. The highest BCUT2D eigenvalue weighted by molar-refractivity contribution is 7.10. The minimum absolute atomic E-state index is 0.135. The van der Waals surface area contributed by atoms with Crippen molar-refractivity contribution >= 4 is 28.6 Å². The van der Waals surface area contributed by atoms with Gasteiger partial charge in [-0.15, -0.1) is 22.7 Å². The molecule has 3 rings (SSSR count). The molecule has 0 aliphatic heterocycles. The van der Waals surface area contributed by atoms with E-state index in [1.807, 2.05) is 11.6 Å². The first-order chi connectivity index (χ1) is 9.33. The Kier molecular flexibility index (Phi) is 3.94. The van der Waals surface area contributed by atoms with Gasteiger partial charge in [0.1, 0.15) is 0 Å². The molecule has 3 nitrogen and oxygen atoms in total. The predicted octanol–water partition coefficient (Wildman–Crippen LogP) is 2.67. The molecule has 0 aromatic carbocycles. The Morgan fingerprint density at radius 2 is 2.42 bits per heavy atom. The molecule has 100 valence electrons. The van der Waals surface area contributed by atoms with E-state index in [0.717, 1.165) is 32.2 Å². The van der Waals surface area contributed by atoms with E-state index < -0.39 is 0 Å². The number of hydrogen-bond acceptors (Lipinski definition) is 4. The maximum Gasteiger partial charge on any atom is 0.223 e. The number of hydrogen-bond donors (Lipinski definition) is 1. The molecule has 5 heteroatoms. The lowest BCUT2D eigenvalue weighted by atomic mass is 9.90. The topological polar surface area (TPSA) is 42.0 Å². The van der Waals surface area contributed by atoms with Gasteiger partial charge in [0, 0.05) is 22.2 Å². The predicted molar refractivity (Wildman–Crippen MR) is 78.7 cm³/mol. The largest absolute Gasteiger partial charge is 0.355 e. The van der Waals surface area contributed by atoms with E-state index in [4.69, 9.17) is 0 Å². The number of thiazole rings is 1. The highest BCUT2D eigenvalue weighted by atomic mass is 32.1. The minimum Gasteiger partial charge on any atom is -0.355 e. The summed E-state index contributed by atoms with van der Waals surface area (Å²) < 4.78 is 0. The van der Waals surface area contributed by atoms with Crippen LogP contribution in [0.1, 0.15) is 21.9 Å². The first-order valence-corrected chi connectivity index (χ1v) is 8.30. The van der Waals surface area contributed by atoms with E-state index in [-0.39, 0.29) is 11.8 Å². The van der Waals surface area contributed by atoms with E-state index in [9.17, 15) is 4.79 Å². The van der Waals surface area contributed by atoms with Crippen LogP contribution in [-0.2, 0) is 24.1 Å². The number of rotatable bonds is 4. The minimum atomic E-state index is 0.135. The van der Waals surface area contributed by atoms with Crippen molar-refractivity contribution in [1.82, 2.24) is 10.3 Å². The second-order valence-corrected chi connectivity index (χ2v) is 6.75. The number of aryl methyl sites for hydroxylation is 1. The highest BCUT2D eigenvalue weighted by Gasteiger charge is 2.25. The van der Waals surface area contributed by atoms with Crippen molar-refractivity contribution in [1.29, 1.82) is 0 Å². The molecular formula is C14H16N2OS2. The van der Waals surface area contributed by atoms with E-state index >= 15 is 0 Å². The number of aromatic nitrogens is 1. The standard InChI is InChI=1S/C14H16N2OS2/c17-14(15-6-5-11-2-1-7-18-11)10-3-4-12-13(8-10)19-9-16-12/h1-2,7,9-10H,3-6,8H2,(H,15,17). The van der Waals surface area contributed by atoms with Crippen LogP contribution in [-0.4, -0.2) is 17.4 Å². The van der Waals surface area contributed by atoms with Gasteiger partial charge in [0.25, 0.3) is 0 Å². The summed E-state index contributed by atoms with van der Waals surface area (Å²) in [5.74, 6) is 0.340. The molecule has 0 saturated heterocycles. The first-order valence-electron chi connectivity index (χ1n) is 6.54. The SMILES string of the molecule is O=C(NCCc1cccs1)C1CCc2ncsc2C1. The van der Waals surface area contributed by atoms with Crippen molar-refractivity contribution in [3.8, 4) is 0 Å². The highest BCUT2D eigenvalue weighted by Crippen LogP contribution is 2.27. The fourth-order valence-corrected chi connectivity index (χ4v) is 4.04. The van der Waals surface area contributed by atoms with Crippen LogP contribution in [0.5, 0.6) is 0 Å². The number of thiophene rings is 1. The Morgan fingerprint density at radius 3 is 3.26 bits per heavy atom. The normalized spacial score (nSPS) is 18.0.